The van der Waals surface area contributed by atoms with Gasteiger partial charge in [0.15, 0.2) is 12.4 Å². The van der Waals surface area contributed by atoms with Crippen LogP contribution >= 0.6 is 0 Å². The lowest BCUT2D eigenvalue weighted by atomic mass is 10.1. The molecule has 1 heterocycles. The first-order valence-corrected chi connectivity index (χ1v) is 10.9. The first kappa shape index (κ1) is 23.5. The molecule has 0 aliphatic carbocycles. The monoisotopic (exact) mass is 469 g/mol. The van der Waals surface area contributed by atoms with Gasteiger partial charge in [0.2, 0.25) is 0 Å². The van der Waals surface area contributed by atoms with Crippen LogP contribution in [-0.4, -0.2) is 25.4 Å². The van der Waals surface area contributed by atoms with Gasteiger partial charge in [-0.05, 0) is 67.1 Å². The standard InChI is InChI=1S/C28H23NO6/c1-18-15-28(32)35-26-16-22(12-13-23(18)26)34-17-27(31)29-21-10-7-19(8-11-21)24(30)14-9-20-5-3-4-6-25(20)33-2/h3-16H,17H2,1-2H3,(H,29,31)/b14-9+. The maximum Gasteiger partial charge on any atom is 0.336 e. The van der Waals surface area contributed by atoms with E-state index in [-0.39, 0.29) is 18.3 Å². The van der Waals surface area contributed by atoms with E-state index in [2.05, 4.69) is 5.32 Å². The molecule has 3 aromatic carbocycles. The Hall–Kier alpha value is -4.65. The Balaban J connectivity index is 1.34. The van der Waals surface area contributed by atoms with E-state index in [1.807, 2.05) is 31.2 Å². The summed E-state index contributed by atoms with van der Waals surface area (Å²) in [5.41, 5.74) is 2.58. The highest BCUT2D eigenvalue weighted by Crippen LogP contribution is 2.22. The lowest BCUT2D eigenvalue weighted by molar-refractivity contribution is -0.118. The molecule has 0 atom stereocenters. The van der Waals surface area contributed by atoms with Crippen LogP contribution in [0.2, 0.25) is 0 Å². The van der Waals surface area contributed by atoms with Crippen molar-refractivity contribution in [1.82, 2.24) is 0 Å². The second-order valence-corrected chi connectivity index (χ2v) is 7.76. The van der Waals surface area contributed by atoms with Crippen molar-refractivity contribution in [3.63, 3.8) is 0 Å². The summed E-state index contributed by atoms with van der Waals surface area (Å²) in [5, 5.41) is 3.52. The van der Waals surface area contributed by atoms with Gasteiger partial charge >= 0.3 is 5.63 Å². The van der Waals surface area contributed by atoms with E-state index in [1.54, 1.807) is 55.7 Å². The summed E-state index contributed by atoms with van der Waals surface area (Å²) >= 11 is 0. The number of benzene rings is 3. The molecule has 0 aliphatic heterocycles. The largest absolute Gasteiger partial charge is 0.496 e. The number of nitrogens with one attached hydrogen (secondary N) is 1. The van der Waals surface area contributed by atoms with Crippen LogP contribution < -0.4 is 20.4 Å². The van der Waals surface area contributed by atoms with Crippen LogP contribution in [0.4, 0.5) is 5.69 Å². The van der Waals surface area contributed by atoms with Gasteiger partial charge in [-0.2, -0.15) is 0 Å². The molecule has 0 bridgehead atoms. The van der Waals surface area contributed by atoms with Crippen molar-refractivity contribution in [2.24, 2.45) is 0 Å². The number of anilines is 1. The molecule has 0 aliphatic rings. The summed E-state index contributed by atoms with van der Waals surface area (Å²) in [6, 6.07) is 20.5. The number of ketones is 1. The topological polar surface area (TPSA) is 94.8 Å². The van der Waals surface area contributed by atoms with E-state index in [1.165, 1.54) is 12.1 Å². The van der Waals surface area contributed by atoms with Gasteiger partial charge in [-0.1, -0.05) is 18.2 Å². The number of rotatable bonds is 8. The number of para-hydroxylation sites is 1. The Morgan fingerprint density at radius 1 is 1.00 bits per heavy atom. The molecule has 176 valence electrons. The number of aryl methyl sites for hydroxylation is 1. The number of carbonyl (C=O) groups is 2. The number of fused-ring (bicyclic) bond motifs is 1. The summed E-state index contributed by atoms with van der Waals surface area (Å²) in [4.78, 5) is 36.4. The molecule has 0 spiro atoms. The SMILES string of the molecule is COc1ccccc1/C=C/C(=O)c1ccc(NC(=O)COc2ccc3c(C)cc(=O)oc3c2)cc1. The maximum atomic E-state index is 12.5. The molecule has 0 saturated heterocycles. The van der Waals surface area contributed by atoms with Crippen LogP contribution in [0.5, 0.6) is 11.5 Å². The molecule has 0 saturated carbocycles. The van der Waals surface area contributed by atoms with Crippen LogP contribution in [0.3, 0.4) is 0 Å². The van der Waals surface area contributed by atoms with Crippen molar-refractivity contribution in [2.45, 2.75) is 6.92 Å². The maximum absolute atomic E-state index is 12.5. The zero-order valence-corrected chi connectivity index (χ0v) is 19.2. The van der Waals surface area contributed by atoms with Gasteiger partial charge in [-0.15, -0.1) is 0 Å². The van der Waals surface area contributed by atoms with Crippen LogP contribution in [-0.2, 0) is 4.79 Å². The van der Waals surface area contributed by atoms with Crippen molar-refractivity contribution in [2.75, 3.05) is 19.0 Å². The Labute approximate surface area is 201 Å². The fraction of sp³-hybridized carbons (Fsp3) is 0.107. The molecule has 4 rings (SSSR count). The molecule has 1 aromatic heterocycles. The van der Waals surface area contributed by atoms with Crippen LogP contribution in [0, 0.1) is 6.92 Å². The average Bonchev–Trinajstić information content (AvgIpc) is 2.86. The van der Waals surface area contributed by atoms with E-state index < -0.39 is 5.63 Å². The molecule has 0 fully saturated rings. The first-order valence-electron chi connectivity index (χ1n) is 10.9. The minimum absolute atomic E-state index is 0.171. The minimum Gasteiger partial charge on any atom is -0.496 e. The molecule has 1 N–H and O–H groups in total. The predicted molar refractivity (Wildman–Crippen MR) is 134 cm³/mol. The summed E-state index contributed by atoms with van der Waals surface area (Å²) in [7, 11) is 1.58. The average molecular weight is 469 g/mol. The third-order valence-corrected chi connectivity index (χ3v) is 5.30. The highest BCUT2D eigenvalue weighted by atomic mass is 16.5. The van der Waals surface area contributed by atoms with Crippen molar-refractivity contribution in [1.29, 1.82) is 0 Å². The molecule has 1 amide bonds. The third kappa shape index (κ3) is 5.83. The van der Waals surface area contributed by atoms with Gasteiger partial charge in [0.1, 0.15) is 17.1 Å². The number of methoxy groups -OCH3 is 1. The summed E-state index contributed by atoms with van der Waals surface area (Å²) in [6.45, 7) is 1.59. The second kappa shape index (κ2) is 10.5. The van der Waals surface area contributed by atoms with Crippen LogP contribution in [0.1, 0.15) is 21.5 Å². The van der Waals surface area contributed by atoms with Gasteiger partial charge in [-0.25, -0.2) is 4.79 Å². The highest BCUT2D eigenvalue weighted by molar-refractivity contribution is 6.07. The molecule has 7 nitrogen and oxygen atoms in total. The normalized spacial score (nSPS) is 10.9. The fourth-order valence-corrected chi connectivity index (χ4v) is 3.52. The lowest BCUT2D eigenvalue weighted by Gasteiger charge is -2.09. The molecule has 7 heteroatoms. The molecule has 4 aromatic rings. The Bertz CT molecular complexity index is 1470. The van der Waals surface area contributed by atoms with E-state index >= 15 is 0 Å². The minimum atomic E-state index is -0.442. The Kier molecular flexibility index (Phi) is 7.07. The Morgan fingerprint density at radius 2 is 1.77 bits per heavy atom. The molecular formula is C28H23NO6. The van der Waals surface area contributed by atoms with Crippen molar-refractivity contribution < 1.29 is 23.5 Å². The molecule has 35 heavy (non-hydrogen) atoms. The molecule has 0 unspecified atom stereocenters. The van der Waals surface area contributed by atoms with Gasteiger partial charge in [0.05, 0.1) is 7.11 Å². The quantitative estimate of drug-likeness (QED) is 0.221. The van der Waals surface area contributed by atoms with Crippen LogP contribution in [0.15, 0.2) is 88.1 Å². The summed E-state index contributed by atoms with van der Waals surface area (Å²) in [6.07, 6.45) is 3.18. The van der Waals surface area contributed by atoms with Crippen LogP contribution in [0.25, 0.3) is 17.0 Å². The molecular weight excluding hydrogens is 446 g/mol. The fourth-order valence-electron chi connectivity index (χ4n) is 3.52. The first-order chi connectivity index (χ1) is 16.9. The van der Waals surface area contributed by atoms with Crippen molar-refractivity contribution in [3.8, 4) is 11.5 Å². The van der Waals surface area contributed by atoms with Crippen molar-refractivity contribution in [3.05, 3.63) is 106 Å². The van der Waals surface area contributed by atoms with Crippen molar-refractivity contribution >= 4 is 34.4 Å². The number of hydrogen-bond acceptors (Lipinski definition) is 6. The predicted octanol–water partition coefficient (Wildman–Crippen LogP) is 5.02. The zero-order chi connectivity index (χ0) is 24.8. The number of amides is 1. The second-order valence-electron chi connectivity index (χ2n) is 7.76. The summed E-state index contributed by atoms with van der Waals surface area (Å²) < 4.78 is 16.0. The van der Waals surface area contributed by atoms with Gasteiger partial charge < -0.3 is 19.2 Å². The highest BCUT2D eigenvalue weighted by Gasteiger charge is 2.08. The van der Waals surface area contributed by atoms with E-state index in [4.69, 9.17) is 13.9 Å². The van der Waals surface area contributed by atoms with Gasteiger partial charge in [0, 0.05) is 34.3 Å². The Morgan fingerprint density at radius 3 is 2.54 bits per heavy atom. The number of ether oxygens (including phenoxy) is 2. The number of allylic oxidation sites excluding steroid dienone is 1. The van der Waals surface area contributed by atoms with E-state index in [0.717, 1.165) is 16.5 Å². The van der Waals surface area contributed by atoms with Gasteiger partial charge in [0.25, 0.3) is 5.91 Å². The smallest absolute Gasteiger partial charge is 0.336 e. The third-order valence-electron chi connectivity index (χ3n) is 5.30. The molecule has 0 radical (unpaired) electrons. The zero-order valence-electron chi connectivity index (χ0n) is 19.2. The van der Waals surface area contributed by atoms with E-state index in [0.29, 0.717) is 28.3 Å². The number of hydrogen-bond donors (Lipinski definition) is 1. The lowest BCUT2D eigenvalue weighted by Crippen LogP contribution is -2.20. The van der Waals surface area contributed by atoms with E-state index in [9.17, 15) is 14.4 Å². The summed E-state index contributed by atoms with van der Waals surface area (Å²) in [5.74, 6) is 0.547. The number of carbonyl (C=O) groups excluding carboxylic acids is 2. The van der Waals surface area contributed by atoms with Gasteiger partial charge in [-0.3, -0.25) is 9.59 Å².